The topological polar surface area (TPSA) is 93.8 Å². The van der Waals surface area contributed by atoms with Crippen LogP contribution in [0, 0.1) is 0 Å². The summed E-state index contributed by atoms with van der Waals surface area (Å²) in [4.78, 5) is 24.2. The van der Waals surface area contributed by atoms with Gasteiger partial charge in [-0.15, -0.1) is 0 Å². The summed E-state index contributed by atoms with van der Waals surface area (Å²) in [5, 5.41) is 6.48. The summed E-state index contributed by atoms with van der Waals surface area (Å²) in [7, 11) is 0. The molecular weight excluding hydrogens is 306 g/mol. The summed E-state index contributed by atoms with van der Waals surface area (Å²) in [6, 6.07) is 7.74. The van der Waals surface area contributed by atoms with E-state index in [1.807, 2.05) is 24.3 Å². The van der Waals surface area contributed by atoms with Crippen LogP contribution in [0.25, 0.3) is 11.5 Å². The Labute approximate surface area is 139 Å². The van der Waals surface area contributed by atoms with E-state index in [1.165, 1.54) is 18.0 Å². The Balaban J connectivity index is 1.66. The normalized spacial score (nSPS) is 10.5. The first-order valence-electron chi connectivity index (χ1n) is 7.76. The minimum atomic E-state index is -0.459. The number of aromatic nitrogens is 4. The molecule has 1 amide bonds. The van der Waals surface area contributed by atoms with E-state index in [4.69, 9.17) is 4.52 Å². The Morgan fingerprint density at radius 3 is 2.75 bits per heavy atom. The van der Waals surface area contributed by atoms with Crippen LogP contribution in [-0.4, -0.2) is 26.0 Å². The van der Waals surface area contributed by atoms with Crippen LogP contribution in [0.3, 0.4) is 0 Å². The van der Waals surface area contributed by atoms with Gasteiger partial charge in [-0.25, -0.2) is 4.98 Å². The Kier molecular flexibility index (Phi) is 4.90. The van der Waals surface area contributed by atoms with Crippen LogP contribution in [0.4, 0.5) is 5.69 Å². The van der Waals surface area contributed by atoms with Gasteiger partial charge >= 0.3 is 11.8 Å². The van der Waals surface area contributed by atoms with Crippen molar-refractivity contribution in [1.82, 2.24) is 20.1 Å². The third-order valence-corrected chi connectivity index (χ3v) is 3.44. The van der Waals surface area contributed by atoms with Gasteiger partial charge in [-0.1, -0.05) is 30.6 Å². The number of carbonyl (C=O) groups excluding carboxylic acids is 1. The predicted molar refractivity (Wildman–Crippen MR) is 88.3 cm³/mol. The molecule has 0 spiro atoms. The number of benzene rings is 1. The fourth-order valence-corrected chi connectivity index (χ4v) is 2.15. The number of unbranched alkanes of at least 4 members (excludes halogenated alkanes) is 1. The fraction of sp³-hybridized carbons (Fsp3) is 0.235. The first kappa shape index (κ1) is 15.8. The largest absolute Gasteiger partial charge is 0.328 e. The Hall–Kier alpha value is -3.09. The molecule has 0 aliphatic heterocycles. The lowest BCUT2D eigenvalue weighted by molar-refractivity contribution is 0.0981. The molecule has 7 heteroatoms. The molecular formula is C17H17N5O2. The lowest BCUT2D eigenvalue weighted by Crippen LogP contribution is -2.12. The highest BCUT2D eigenvalue weighted by molar-refractivity contribution is 6.01. The van der Waals surface area contributed by atoms with E-state index in [0.29, 0.717) is 11.4 Å². The summed E-state index contributed by atoms with van der Waals surface area (Å²) in [5.74, 6) is -0.354. The van der Waals surface area contributed by atoms with Crippen molar-refractivity contribution in [2.45, 2.75) is 26.2 Å². The predicted octanol–water partition coefficient (Wildman–Crippen LogP) is 3.12. The first-order chi connectivity index (χ1) is 11.8. The quantitative estimate of drug-likeness (QED) is 0.749. The van der Waals surface area contributed by atoms with E-state index in [0.717, 1.165) is 19.3 Å². The van der Waals surface area contributed by atoms with E-state index in [2.05, 4.69) is 32.3 Å². The van der Waals surface area contributed by atoms with Crippen molar-refractivity contribution in [3.63, 3.8) is 0 Å². The number of carbonyl (C=O) groups is 1. The van der Waals surface area contributed by atoms with Gasteiger partial charge in [0, 0.05) is 18.1 Å². The van der Waals surface area contributed by atoms with Crippen molar-refractivity contribution < 1.29 is 9.32 Å². The second-order valence-electron chi connectivity index (χ2n) is 5.27. The van der Waals surface area contributed by atoms with E-state index in [9.17, 15) is 4.79 Å². The first-order valence-corrected chi connectivity index (χ1v) is 7.76. The Morgan fingerprint density at radius 2 is 2.04 bits per heavy atom. The zero-order valence-electron chi connectivity index (χ0n) is 13.3. The average molecular weight is 323 g/mol. The summed E-state index contributed by atoms with van der Waals surface area (Å²) in [6.07, 6.45) is 7.91. The van der Waals surface area contributed by atoms with Gasteiger partial charge in [0.25, 0.3) is 0 Å². The third kappa shape index (κ3) is 3.81. The minimum absolute atomic E-state index is 0.120. The maximum Gasteiger partial charge on any atom is 0.316 e. The molecule has 0 unspecified atom stereocenters. The number of nitrogens with zero attached hydrogens (tertiary/aromatic N) is 4. The monoisotopic (exact) mass is 323 g/mol. The number of anilines is 1. The maximum atomic E-state index is 12.2. The van der Waals surface area contributed by atoms with Crippen molar-refractivity contribution >= 4 is 11.6 Å². The van der Waals surface area contributed by atoms with Gasteiger partial charge in [-0.05, 0) is 30.5 Å². The molecule has 0 saturated heterocycles. The van der Waals surface area contributed by atoms with Crippen LogP contribution in [0.2, 0.25) is 0 Å². The van der Waals surface area contributed by atoms with E-state index in [-0.39, 0.29) is 11.7 Å². The zero-order chi connectivity index (χ0) is 16.8. The van der Waals surface area contributed by atoms with Crippen LogP contribution < -0.4 is 5.32 Å². The SMILES string of the molecule is CCCCc1ccc(NC(=O)c2nc(-c3cnccn3)no2)cc1. The molecule has 0 radical (unpaired) electrons. The number of amides is 1. The molecule has 0 bridgehead atoms. The second-order valence-corrected chi connectivity index (χ2v) is 5.27. The highest BCUT2D eigenvalue weighted by Crippen LogP contribution is 2.14. The van der Waals surface area contributed by atoms with Gasteiger partial charge in [0.05, 0.1) is 6.20 Å². The van der Waals surface area contributed by atoms with E-state index >= 15 is 0 Å². The molecule has 0 atom stereocenters. The number of hydrogen-bond donors (Lipinski definition) is 1. The molecule has 1 N–H and O–H groups in total. The van der Waals surface area contributed by atoms with Crippen molar-refractivity contribution in [2.75, 3.05) is 5.32 Å². The van der Waals surface area contributed by atoms with Crippen LogP contribution in [0.15, 0.2) is 47.4 Å². The molecule has 2 heterocycles. The highest BCUT2D eigenvalue weighted by Gasteiger charge is 2.17. The Morgan fingerprint density at radius 1 is 1.21 bits per heavy atom. The molecule has 0 aliphatic carbocycles. The highest BCUT2D eigenvalue weighted by atomic mass is 16.5. The minimum Gasteiger partial charge on any atom is -0.328 e. The van der Waals surface area contributed by atoms with E-state index < -0.39 is 5.91 Å². The number of aryl methyl sites for hydroxylation is 1. The molecule has 0 saturated carbocycles. The molecule has 2 aromatic heterocycles. The summed E-state index contributed by atoms with van der Waals surface area (Å²) in [6.45, 7) is 2.16. The molecule has 7 nitrogen and oxygen atoms in total. The number of nitrogens with one attached hydrogen (secondary N) is 1. The standard InChI is InChI=1S/C17H17N5O2/c1-2-3-4-12-5-7-13(8-6-12)20-16(23)17-21-15(22-24-17)14-11-18-9-10-19-14/h5-11H,2-4H2,1H3,(H,20,23). The summed E-state index contributed by atoms with van der Waals surface area (Å²) in [5.41, 5.74) is 2.37. The average Bonchev–Trinajstić information content (AvgIpc) is 3.12. The molecule has 0 fully saturated rings. The van der Waals surface area contributed by atoms with E-state index in [1.54, 1.807) is 6.20 Å². The summed E-state index contributed by atoms with van der Waals surface area (Å²) >= 11 is 0. The molecule has 24 heavy (non-hydrogen) atoms. The van der Waals surface area contributed by atoms with Crippen molar-refractivity contribution in [3.8, 4) is 11.5 Å². The maximum absolute atomic E-state index is 12.2. The second kappa shape index (κ2) is 7.45. The van der Waals surface area contributed by atoms with Crippen LogP contribution >= 0.6 is 0 Å². The fourth-order valence-electron chi connectivity index (χ4n) is 2.15. The van der Waals surface area contributed by atoms with Gasteiger partial charge < -0.3 is 9.84 Å². The lowest BCUT2D eigenvalue weighted by Gasteiger charge is -2.04. The van der Waals surface area contributed by atoms with Crippen LogP contribution in [0.5, 0.6) is 0 Å². The van der Waals surface area contributed by atoms with Crippen LogP contribution in [0.1, 0.15) is 36.0 Å². The van der Waals surface area contributed by atoms with Crippen molar-refractivity contribution in [1.29, 1.82) is 0 Å². The molecule has 3 rings (SSSR count). The van der Waals surface area contributed by atoms with Gasteiger partial charge in [0.1, 0.15) is 5.69 Å². The van der Waals surface area contributed by atoms with Gasteiger partial charge in [-0.2, -0.15) is 4.98 Å². The smallest absolute Gasteiger partial charge is 0.316 e. The molecule has 1 aromatic carbocycles. The van der Waals surface area contributed by atoms with Crippen molar-refractivity contribution in [2.24, 2.45) is 0 Å². The summed E-state index contributed by atoms with van der Waals surface area (Å²) < 4.78 is 4.99. The molecule has 0 aliphatic rings. The van der Waals surface area contributed by atoms with Crippen molar-refractivity contribution in [3.05, 3.63) is 54.3 Å². The lowest BCUT2D eigenvalue weighted by atomic mass is 10.1. The van der Waals surface area contributed by atoms with Gasteiger partial charge in [0.15, 0.2) is 0 Å². The zero-order valence-corrected chi connectivity index (χ0v) is 13.3. The molecule has 122 valence electrons. The van der Waals surface area contributed by atoms with Crippen LogP contribution in [-0.2, 0) is 6.42 Å². The number of hydrogen-bond acceptors (Lipinski definition) is 6. The van der Waals surface area contributed by atoms with Gasteiger partial charge in [-0.3, -0.25) is 9.78 Å². The third-order valence-electron chi connectivity index (χ3n) is 3.44. The van der Waals surface area contributed by atoms with Gasteiger partial charge in [0.2, 0.25) is 5.82 Å². The molecule has 3 aromatic rings. The Bertz CT molecular complexity index is 799. The number of rotatable bonds is 6.